The van der Waals surface area contributed by atoms with E-state index in [1.807, 2.05) is 18.2 Å². The quantitative estimate of drug-likeness (QED) is 0.654. The number of nitrogens with zero attached hydrogens (tertiary/aromatic N) is 2. The van der Waals surface area contributed by atoms with E-state index in [-0.39, 0.29) is 5.78 Å². The summed E-state index contributed by atoms with van der Waals surface area (Å²) in [5.41, 5.74) is 5.35. The van der Waals surface area contributed by atoms with Gasteiger partial charge in [-0.15, -0.1) is 0 Å². The smallest absolute Gasteiger partial charge is 0.195 e. The predicted molar refractivity (Wildman–Crippen MR) is 112 cm³/mol. The average molecular weight is 361 g/mol. The van der Waals surface area contributed by atoms with E-state index in [4.69, 9.17) is 0 Å². The lowest BCUT2D eigenvalue weighted by Gasteiger charge is -2.23. The SMILES string of the molecule is CCN(CC)CC[C@H]1Cc2ccccc2C(=O)c2c1n(C)c1ccccc21. The molecule has 0 amide bonds. The van der Waals surface area contributed by atoms with E-state index < -0.39 is 0 Å². The summed E-state index contributed by atoms with van der Waals surface area (Å²) >= 11 is 0. The third kappa shape index (κ3) is 3.00. The number of aromatic nitrogens is 1. The summed E-state index contributed by atoms with van der Waals surface area (Å²) in [5, 5.41) is 1.09. The van der Waals surface area contributed by atoms with Crippen molar-refractivity contribution in [2.75, 3.05) is 19.6 Å². The largest absolute Gasteiger partial charge is 0.347 e. The lowest BCUT2D eigenvalue weighted by atomic mass is 9.92. The summed E-state index contributed by atoms with van der Waals surface area (Å²) in [6, 6.07) is 16.5. The molecule has 1 aromatic heterocycles. The average Bonchev–Trinajstić information content (AvgIpc) is 2.93. The number of carbonyl (C=O) groups is 1. The lowest BCUT2D eigenvalue weighted by molar-refractivity contribution is 0.103. The Labute approximate surface area is 161 Å². The Kier molecular flexibility index (Phi) is 4.88. The van der Waals surface area contributed by atoms with Crippen LogP contribution in [0.15, 0.2) is 48.5 Å². The fourth-order valence-electron chi connectivity index (χ4n) is 4.66. The molecule has 1 aliphatic rings. The highest BCUT2D eigenvalue weighted by Gasteiger charge is 2.32. The van der Waals surface area contributed by atoms with Crippen molar-refractivity contribution in [1.82, 2.24) is 9.47 Å². The molecule has 0 spiro atoms. The maximum Gasteiger partial charge on any atom is 0.195 e. The molecule has 1 aliphatic carbocycles. The first-order valence-corrected chi connectivity index (χ1v) is 10.1. The second-order valence-corrected chi connectivity index (χ2v) is 7.54. The molecule has 0 unspecified atom stereocenters. The highest BCUT2D eigenvalue weighted by molar-refractivity contribution is 6.18. The molecular formula is C24H28N2O. The number of ketones is 1. The maximum atomic E-state index is 13.5. The van der Waals surface area contributed by atoms with Crippen LogP contribution in [0, 0.1) is 0 Å². The third-order valence-electron chi connectivity index (χ3n) is 6.18. The highest BCUT2D eigenvalue weighted by atomic mass is 16.1. The van der Waals surface area contributed by atoms with Crippen LogP contribution in [0.5, 0.6) is 0 Å². The summed E-state index contributed by atoms with van der Waals surface area (Å²) in [7, 11) is 2.12. The fraction of sp³-hybridized carbons (Fsp3) is 0.375. The molecular weight excluding hydrogens is 332 g/mol. The summed E-state index contributed by atoms with van der Waals surface area (Å²) in [6.45, 7) is 7.64. The number of fused-ring (bicyclic) bond motifs is 4. The van der Waals surface area contributed by atoms with Crippen molar-refractivity contribution < 1.29 is 4.79 Å². The molecule has 0 aliphatic heterocycles. The summed E-state index contributed by atoms with van der Waals surface area (Å²) in [6.07, 6.45) is 2.00. The first kappa shape index (κ1) is 18.0. The number of hydrogen-bond acceptors (Lipinski definition) is 2. The molecule has 0 saturated carbocycles. The standard InChI is InChI=1S/C24H28N2O/c1-4-26(5-2)15-14-18-16-17-10-6-7-11-19(17)24(27)22-20-12-8-9-13-21(20)25(3)23(18)22/h6-13,18H,4-5,14-16H2,1-3H3/t18-/m0/s1. The molecule has 4 rings (SSSR count). The van der Waals surface area contributed by atoms with Gasteiger partial charge >= 0.3 is 0 Å². The second kappa shape index (κ2) is 7.32. The second-order valence-electron chi connectivity index (χ2n) is 7.54. The van der Waals surface area contributed by atoms with Gasteiger partial charge in [0.25, 0.3) is 0 Å². The zero-order chi connectivity index (χ0) is 19.0. The van der Waals surface area contributed by atoms with Crippen molar-refractivity contribution in [3.8, 4) is 0 Å². The number of aryl methyl sites for hydroxylation is 1. The van der Waals surface area contributed by atoms with Crippen molar-refractivity contribution >= 4 is 16.7 Å². The Morgan fingerprint density at radius 3 is 2.52 bits per heavy atom. The zero-order valence-electron chi connectivity index (χ0n) is 16.5. The van der Waals surface area contributed by atoms with Crippen molar-refractivity contribution in [3.05, 3.63) is 70.9 Å². The molecule has 1 heterocycles. The summed E-state index contributed by atoms with van der Waals surface area (Å²) < 4.78 is 2.27. The van der Waals surface area contributed by atoms with Gasteiger partial charge in [-0.05, 0) is 44.1 Å². The van der Waals surface area contributed by atoms with E-state index in [0.717, 1.165) is 54.5 Å². The molecule has 3 aromatic rings. The van der Waals surface area contributed by atoms with Crippen LogP contribution in [-0.2, 0) is 13.5 Å². The van der Waals surface area contributed by atoms with Gasteiger partial charge in [0.05, 0.1) is 5.56 Å². The monoisotopic (exact) mass is 360 g/mol. The number of benzene rings is 2. The van der Waals surface area contributed by atoms with Gasteiger partial charge in [-0.1, -0.05) is 56.3 Å². The number of rotatable bonds is 5. The Morgan fingerprint density at radius 1 is 1.04 bits per heavy atom. The first-order valence-electron chi connectivity index (χ1n) is 10.1. The predicted octanol–water partition coefficient (Wildman–Crippen LogP) is 4.78. The number of hydrogen-bond donors (Lipinski definition) is 0. The van der Waals surface area contributed by atoms with E-state index in [1.165, 1.54) is 11.3 Å². The van der Waals surface area contributed by atoms with Crippen LogP contribution in [0.1, 0.15) is 53.4 Å². The number of para-hydroxylation sites is 1. The Hall–Kier alpha value is -2.39. The molecule has 0 saturated heterocycles. The van der Waals surface area contributed by atoms with Gasteiger partial charge in [0.1, 0.15) is 0 Å². The third-order valence-corrected chi connectivity index (χ3v) is 6.18. The molecule has 3 heteroatoms. The molecule has 27 heavy (non-hydrogen) atoms. The van der Waals surface area contributed by atoms with Gasteiger partial charge in [0, 0.05) is 35.1 Å². The molecule has 1 atom stereocenters. The van der Waals surface area contributed by atoms with Gasteiger partial charge in [-0.3, -0.25) is 4.79 Å². The van der Waals surface area contributed by atoms with E-state index in [2.05, 4.69) is 60.7 Å². The molecule has 140 valence electrons. The molecule has 0 N–H and O–H groups in total. The van der Waals surface area contributed by atoms with Crippen molar-refractivity contribution in [2.24, 2.45) is 7.05 Å². The minimum absolute atomic E-state index is 0.183. The van der Waals surface area contributed by atoms with Crippen LogP contribution in [-0.4, -0.2) is 34.9 Å². The minimum Gasteiger partial charge on any atom is -0.347 e. The highest BCUT2D eigenvalue weighted by Crippen LogP contribution is 2.39. The van der Waals surface area contributed by atoms with E-state index in [1.54, 1.807) is 0 Å². The van der Waals surface area contributed by atoms with Crippen LogP contribution in [0.3, 0.4) is 0 Å². The zero-order valence-corrected chi connectivity index (χ0v) is 16.5. The van der Waals surface area contributed by atoms with Crippen LogP contribution in [0.25, 0.3) is 10.9 Å². The molecule has 3 nitrogen and oxygen atoms in total. The summed E-state index contributed by atoms with van der Waals surface area (Å²) in [5.74, 6) is 0.535. The molecule has 2 aromatic carbocycles. The first-order chi connectivity index (χ1) is 13.2. The van der Waals surface area contributed by atoms with Crippen molar-refractivity contribution in [2.45, 2.75) is 32.6 Å². The van der Waals surface area contributed by atoms with E-state index in [9.17, 15) is 4.79 Å². The Balaban J connectivity index is 1.88. The minimum atomic E-state index is 0.183. The van der Waals surface area contributed by atoms with Gasteiger partial charge in [0.2, 0.25) is 0 Å². The van der Waals surface area contributed by atoms with Crippen LogP contribution in [0.4, 0.5) is 0 Å². The van der Waals surface area contributed by atoms with Gasteiger partial charge in [-0.2, -0.15) is 0 Å². The lowest BCUT2D eigenvalue weighted by Crippen LogP contribution is -2.26. The normalized spacial score (nSPS) is 16.4. The molecule has 0 radical (unpaired) electrons. The van der Waals surface area contributed by atoms with Crippen LogP contribution in [0.2, 0.25) is 0 Å². The van der Waals surface area contributed by atoms with E-state index >= 15 is 0 Å². The Morgan fingerprint density at radius 2 is 1.74 bits per heavy atom. The van der Waals surface area contributed by atoms with Gasteiger partial charge < -0.3 is 9.47 Å². The van der Waals surface area contributed by atoms with Gasteiger partial charge in [0.15, 0.2) is 5.78 Å². The van der Waals surface area contributed by atoms with E-state index in [0.29, 0.717) is 5.92 Å². The molecule has 0 bridgehead atoms. The summed E-state index contributed by atoms with van der Waals surface area (Å²) in [4.78, 5) is 16.0. The fourth-order valence-corrected chi connectivity index (χ4v) is 4.66. The Bertz CT molecular complexity index is 981. The van der Waals surface area contributed by atoms with Crippen LogP contribution >= 0.6 is 0 Å². The van der Waals surface area contributed by atoms with Crippen LogP contribution < -0.4 is 0 Å². The number of carbonyl (C=O) groups excluding carboxylic acids is 1. The topological polar surface area (TPSA) is 25.2 Å². The maximum absolute atomic E-state index is 13.5. The van der Waals surface area contributed by atoms with Crippen molar-refractivity contribution in [1.29, 1.82) is 0 Å². The molecule has 0 fully saturated rings. The van der Waals surface area contributed by atoms with Crippen molar-refractivity contribution in [3.63, 3.8) is 0 Å². The van der Waals surface area contributed by atoms with Gasteiger partial charge in [-0.25, -0.2) is 0 Å².